The number of benzene rings is 2. The van der Waals surface area contributed by atoms with Crippen LogP contribution in [0.1, 0.15) is 72.5 Å². The molecule has 48 heavy (non-hydrogen) atoms. The van der Waals surface area contributed by atoms with Gasteiger partial charge < -0.3 is 14.7 Å². The van der Waals surface area contributed by atoms with Gasteiger partial charge in [0.15, 0.2) is 0 Å². The summed E-state index contributed by atoms with van der Waals surface area (Å²) in [5, 5.41) is 9.00. The van der Waals surface area contributed by atoms with Crippen molar-refractivity contribution in [2.75, 3.05) is 16.4 Å². The summed E-state index contributed by atoms with van der Waals surface area (Å²) in [4.78, 5) is 34.8. The Hall–Kier alpha value is -4.57. The number of hydrogen-bond donors (Lipinski definition) is 1. The van der Waals surface area contributed by atoms with Gasteiger partial charge in [0.25, 0.3) is 0 Å². The number of aliphatic carboxylic acids is 1. The molecule has 3 aromatic rings. The third-order valence-electron chi connectivity index (χ3n) is 7.72. The van der Waals surface area contributed by atoms with Crippen LogP contribution in [0.4, 0.5) is 55.9 Å². The predicted molar refractivity (Wildman–Crippen MR) is 153 cm³/mol. The molecule has 2 heterocycles. The predicted octanol–water partition coefficient (Wildman–Crippen LogP) is 8.44. The van der Waals surface area contributed by atoms with Crippen LogP contribution in [-0.2, 0) is 41.0 Å². The number of carbonyl (C=O) groups excluding carboxylic acids is 1. The maximum atomic E-state index is 14.0. The molecule has 1 amide bonds. The second-order valence-electron chi connectivity index (χ2n) is 11.0. The average molecular weight is 693 g/mol. The number of carboxylic acids is 1. The molecule has 260 valence electrons. The first kappa shape index (κ1) is 36.3. The second kappa shape index (κ2) is 13.9. The monoisotopic (exact) mass is 692 g/mol. The van der Waals surface area contributed by atoms with Crippen LogP contribution in [0.5, 0.6) is 0 Å². The van der Waals surface area contributed by atoms with E-state index in [1.165, 1.54) is 29.1 Å². The number of aromatic nitrogens is 2. The zero-order valence-electron chi connectivity index (χ0n) is 25.4. The summed E-state index contributed by atoms with van der Waals surface area (Å²) in [5.41, 5.74) is -4.60. The molecule has 17 heteroatoms. The highest BCUT2D eigenvalue weighted by atomic mass is 19.4. The van der Waals surface area contributed by atoms with Crippen molar-refractivity contribution in [2.45, 2.75) is 76.7 Å². The molecule has 2 atom stereocenters. The molecule has 1 aliphatic heterocycles. The van der Waals surface area contributed by atoms with Crippen LogP contribution in [0.15, 0.2) is 48.8 Å². The molecule has 0 bridgehead atoms. The molecule has 2 aromatic carbocycles. The quantitative estimate of drug-likeness (QED) is 0.225. The van der Waals surface area contributed by atoms with E-state index >= 15 is 0 Å². The molecule has 0 fully saturated rings. The van der Waals surface area contributed by atoms with Crippen LogP contribution < -0.4 is 9.80 Å². The fourth-order valence-electron chi connectivity index (χ4n) is 5.49. The minimum atomic E-state index is -5.17. The average Bonchev–Trinajstić information content (AvgIpc) is 3.00. The van der Waals surface area contributed by atoms with Gasteiger partial charge in [-0.2, -0.15) is 39.5 Å². The number of fused-ring (bicyclic) bond motifs is 1. The van der Waals surface area contributed by atoms with Crippen molar-refractivity contribution in [2.24, 2.45) is 0 Å². The van der Waals surface area contributed by atoms with Gasteiger partial charge in [-0.25, -0.2) is 14.8 Å². The molecular formula is C31H29F9N4O4. The number of aryl methyl sites for hydroxylation is 1. The fourth-order valence-corrected chi connectivity index (χ4v) is 5.49. The topological polar surface area (TPSA) is 95.9 Å². The highest BCUT2D eigenvalue weighted by Gasteiger charge is 2.42. The fraction of sp³-hybridized carbons (Fsp3) is 0.419. The lowest BCUT2D eigenvalue weighted by Gasteiger charge is -2.44. The molecule has 0 radical (unpaired) electrons. The van der Waals surface area contributed by atoms with E-state index in [2.05, 4.69) is 9.97 Å². The summed E-state index contributed by atoms with van der Waals surface area (Å²) >= 11 is 0. The van der Waals surface area contributed by atoms with Crippen molar-refractivity contribution < 1.29 is 58.9 Å². The lowest BCUT2D eigenvalue weighted by Crippen LogP contribution is -2.48. The van der Waals surface area contributed by atoms with Crippen LogP contribution in [0, 0.1) is 0 Å². The van der Waals surface area contributed by atoms with Crippen molar-refractivity contribution in [1.29, 1.82) is 0 Å². The summed E-state index contributed by atoms with van der Waals surface area (Å²) in [7, 11) is 0. The first-order valence-corrected chi connectivity index (χ1v) is 14.6. The van der Waals surface area contributed by atoms with Gasteiger partial charge in [-0.1, -0.05) is 6.92 Å². The van der Waals surface area contributed by atoms with Crippen LogP contribution in [-0.4, -0.2) is 39.8 Å². The van der Waals surface area contributed by atoms with Crippen molar-refractivity contribution in [3.05, 3.63) is 82.2 Å². The Morgan fingerprint density at radius 3 is 1.96 bits per heavy atom. The Bertz CT molecular complexity index is 1590. The van der Waals surface area contributed by atoms with Crippen LogP contribution in [0.25, 0.3) is 0 Å². The van der Waals surface area contributed by atoms with Crippen molar-refractivity contribution in [3.63, 3.8) is 0 Å². The summed E-state index contributed by atoms with van der Waals surface area (Å²) in [6, 6.07) is 1.60. The Morgan fingerprint density at radius 2 is 1.46 bits per heavy atom. The number of amides is 1. The molecule has 8 nitrogen and oxygen atoms in total. The number of alkyl halides is 9. The molecule has 0 saturated heterocycles. The van der Waals surface area contributed by atoms with E-state index in [1.807, 2.05) is 0 Å². The zero-order chi connectivity index (χ0) is 35.6. The molecule has 1 N–H and O–H groups in total. The SMILES string of the molecule is CCOC(=O)N1c2ccc(C(F)(F)F)cc2[C@@H](N(Cc2cc(C(F)(F)F)cc(C(F)(F)F)c2)c2ncc(CCC(=O)O)cn2)C[C@H]1CC. The number of anilines is 2. The largest absolute Gasteiger partial charge is 0.481 e. The van der Waals surface area contributed by atoms with E-state index in [9.17, 15) is 49.1 Å². The van der Waals surface area contributed by atoms with E-state index in [4.69, 9.17) is 9.84 Å². The number of nitrogens with zero attached hydrogens (tertiary/aromatic N) is 4. The highest BCUT2D eigenvalue weighted by molar-refractivity contribution is 5.90. The van der Waals surface area contributed by atoms with Crippen LogP contribution in [0.2, 0.25) is 0 Å². The third-order valence-corrected chi connectivity index (χ3v) is 7.72. The van der Waals surface area contributed by atoms with Crippen LogP contribution >= 0.6 is 0 Å². The molecule has 1 aromatic heterocycles. The number of rotatable bonds is 9. The smallest absolute Gasteiger partial charge is 0.416 e. The van der Waals surface area contributed by atoms with Gasteiger partial charge in [-0.3, -0.25) is 9.69 Å². The first-order chi connectivity index (χ1) is 22.3. The van der Waals surface area contributed by atoms with E-state index in [1.54, 1.807) is 6.92 Å². The Morgan fingerprint density at radius 1 is 0.875 bits per heavy atom. The number of hydrogen-bond acceptors (Lipinski definition) is 6. The van der Waals surface area contributed by atoms with Gasteiger partial charge in [0, 0.05) is 31.4 Å². The van der Waals surface area contributed by atoms with Crippen molar-refractivity contribution in [3.8, 4) is 0 Å². The van der Waals surface area contributed by atoms with E-state index < -0.39 is 71.5 Å². The van der Waals surface area contributed by atoms with Gasteiger partial charge >= 0.3 is 30.6 Å². The minimum Gasteiger partial charge on any atom is -0.481 e. The summed E-state index contributed by atoms with van der Waals surface area (Å²) in [6.45, 7) is 2.43. The minimum absolute atomic E-state index is 0.00680. The van der Waals surface area contributed by atoms with Gasteiger partial charge in [0.2, 0.25) is 5.95 Å². The number of ether oxygens (including phenoxy) is 1. The highest BCUT2D eigenvalue weighted by Crippen LogP contribution is 2.46. The maximum Gasteiger partial charge on any atom is 0.416 e. The summed E-state index contributed by atoms with van der Waals surface area (Å²) < 4.78 is 130. The molecule has 0 unspecified atom stereocenters. The van der Waals surface area contributed by atoms with Gasteiger partial charge in [0.1, 0.15) is 0 Å². The van der Waals surface area contributed by atoms with Gasteiger partial charge in [0.05, 0.1) is 35.0 Å². The second-order valence-corrected chi connectivity index (χ2v) is 11.0. The van der Waals surface area contributed by atoms with Gasteiger partial charge in [-0.05, 0) is 79.3 Å². The van der Waals surface area contributed by atoms with E-state index in [0.29, 0.717) is 17.7 Å². The Labute approximate surface area is 268 Å². The van der Waals surface area contributed by atoms with Crippen molar-refractivity contribution in [1.82, 2.24) is 9.97 Å². The molecule has 0 aliphatic carbocycles. The molecule has 0 saturated carbocycles. The first-order valence-electron chi connectivity index (χ1n) is 14.6. The molecule has 1 aliphatic rings. The van der Waals surface area contributed by atoms with Gasteiger partial charge in [-0.15, -0.1) is 0 Å². The molecule has 4 rings (SSSR count). The van der Waals surface area contributed by atoms with E-state index in [-0.39, 0.29) is 55.6 Å². The Kier molecular flexibility index (Phi) is 10.5. The third kappa shape index (κ3) is 8.28. The van der Waals surface area contributed by atoms with Crippen molar-refractivity contribution >= 4 is 23.7 Å². The lowest BCUT2D eigenvalue weighted by atomic mass is 9.87. The number of halogens is 9. The molecule has 0 spiro atoms. The normalized spacial score (nSPS) is 16.8. The maximum absolute atomic E-state index is 14.0. The van der Waals surface area contributed by atoms with E-state index in [0.717, 1.165) is 18.2 Å². The Balaban J connectivity index is 1.95. The lowest BCUT2D eigenvalue weighted by molar-refractivity contribution is -0.143. The van der Waals surface area contributed by atoms with Crippen LogP contribution in [0.3, 0.4) is 0 Å². The number of carboxylic acid groups (broad SMARTS) is 1. The summed E-state index contributed by atoms with van der Waals surface area (Å²) in [6.07, 6.45) is -13.8. The number of carbonyl (C=O) groups is 2. The summed E-state index contributed by atoms with van der Waals surface area (Å²) in [5.74, 6) is -1.39. The zero-order valence-corrected chi connectivity index (χ0v) is 25.4. The molecular weight excluding hydrogens is 663 g/mol. The standard InChI is InChI=1S/C31H29F9N4O4/c1-3-22-13-25(23-12-19(29(32,33)34)6-7-24(23)44(22)28(47)48-4-2)43(27-41-14-17(15-42-27)5-8-26(45)46)16-18-9-20(30(35,36)37)11-21(10-18)31(38,39)40/h6-7,9-12,14-15,22,25H,3-5,8,13,16H2,1-2H3,(H,45,46)/t22-,25+/m1/s1.